The number of nitrogens with one attached hydrogen (secondary N) is 2. The van der Waals surface area contributed by atoms with E-state index in [9.17, 15) is 44.7 Å². The number of amides is 2. The summed E-state index contributed by atoms with van der Waals surface area (Å²) in [4.78, 5) is 28.9. The van der Waals surface area contributed by atoms with Crippen molar-refractivity contribution in [2.75, 3.05) is 10.6 Å². The lowest BCUT2D eigenvalue weighted by Crippen LogP contribution is -2.47. The molecule has 0 fully saturated rings. The SMILES string of the molecule is CCc1cc(NC(=O)C(F)(F)C(F)(F)F)cc(F)n1.Cc1cc(NC(=O)C(F)F)cc(C)n1. The lowest BCUT2D eigenvalue weighted by Gasteiger charge is -2.18. The van der Waals surface area contributed by atoms with Crippen molar-refractivity contribution in [3.8, 4) is 0 Å². The second-order valence-corrected chi connectivity index (χ2v) is 6.48. The fraction of sp³-hybridized carbons (Fsp3) is 0.368. The predicted molar refractivity (Wildman–Crippen MR) is 102 cm³/mol. The molecule has 6 nitrogen and oxygen atoms in total. The van der Waals surface area contributed by atoms with E-state index in [-0.39, 0.29) is 12.1 Å². The van der Waals surface area contributed by atoms with E-state index in [1.807, 2.05) is 0 Å². The van der Waals surface area contributed by atoms with Crippen molar-refractivity contribution in [3.05, 3.63) is 47.3 Å². The van der Waals surface area contributed by atoms with Gasteiger partial charge >= 0.3 is 24.4 Å². The first-order valence-corrected chi connectivity index (χ1v) is 9.03. The fourth-order valence-corrected chi connectivity index (χ4v) is 2.25. The number of pyridine rings is 2. The highest BCUT2D eigenvalue weighted by molar-refractivity contribution is 5.96. The number of aromatic nitrogens is 2. The molecule has 2 aromatic heterocycles. The molecule has 0 radical (unpaired) electrons. The van der Waals surface area contributed by atoms with Gasteiger partial charge in [-0.25, -0.2) is 4.98 Å². The van der Waals surface area contributed by atoms with Gasteiger partial charge in [-0.2, -0.15) is 35.1 Å². The van der Waals surface area contributed by atoms with Crippen LogP contribution in [-0.2, 0) is 16.0 Å². The van der Waals surface area contributed by atoms with Crippen LogP contribution in [0.3, 0.4) is 0 Å². The van der Waals surface area contributed by atoms with Crippen LogP contribution < -0.4 is 10.6 Å². The Morgan fingerprint density at radius 3 is 1.88 bits per heavy atom. The number of nitrogens with zero attached hydrogens (tertiary/aromatic N) is 2. The Bertz CT molecular complexity index is 976. The molecule has 2 amide bonds. The minimum absolute atomic E-state index is 0.102. The Hall–Kier alpha value is -3.32. The lowest BCUT2D eigenvalue weighted by atomic mass is 10.2. The quantitative estimate of drug-likeness (QED) is 0.469. The Kier molecular flexibility index (Phi) is 9.24. The van der Waals surface area contributed by atoms with Gasteiger partial charge < -0.3 is 10.6 Å². The van der Waals surface area contributed by atoms with Gasteiger partial charge in [-0.05, 0) is 38.5 Å². The smallest absolute Gasteiger partial charge is 0.321 e. The summed E-state index contributed by atoms with van der Waals surface area (Å²) in [6.07, 6.45) is -8.80. The van der Waals surface area contributed by atoms with Crippen LogP contribution in [0.4, 0.5) is 46.5 Å². The number of hydrogen-bond acceptors (Lipinski definition) is 4. The van der Waals surface area contributed by atoms with Crippen LogP contribution >= 0.6 is 0 Å². The van der Waals surface area contributed by atoms with E-state index in [1.54, 1.807) is 20.8 Å². The van der Waals surface area contributed by atoms with Crippen molar-refractivity contribution in [3.63, 3.8) is 0 Å². The van der Waals surface area contributed by atoms with Gasteiger partial charge in [0.15, 0.2) is 0 Å². The first-order chi connectivity index (χ1) is 15.1. The normalized spacial score (nSPS) is 11.5. The zero-order chi connectivity index (χ0) is 25.6. The number of carbonyl (C=O) groups excluding carboxylic acids is 2. The summed E-state index contributed by atoms with van der Waals surface area (Å²) in [5.74, 6) is -10.5. The Labute approximate surface area is 182 Å². The number of rotatable bonds is 5. The maximum Gasteiger partial charge on any atom is 0.463 e. The van der Waals surface area contributed by atoms with Crippen LogP contribution in [0.15, 0.2) is 24.3 Å². The molecule has 0 aromatic carbocycles. The second kappa shape index (κ2) is 11.0. The lowest BCUT2D eigenvalue weighted by molar-refractivity contribution is -0.267. The van der Waals surface area contributed by atoms with E-state index < -0.39 is 42.0 Å². The van der Waals surface area contributed by atoms with Crippen LogP contribution in [0, 0.1) is 19.8 Å². The average Bonchev–Trinajstić information content (AvgIpc) is 2.66. The summed E-state index contributed by atoms with van der Waals surface area (Å²) in [5.41, 5.74) is 1.29. The van der Waals surface area contributed by atoms with E-state index in [4.69, 9.17) is 0 Å². The highest BCUT2D eigenvalue weighted by Crippen LogP contribution is 2.36. The van der Waals surface area contributed by atoms with Gasteiger partial charge in [-0.3, -0.25) is 14.6 Å². The van der Waals surface area contributed by atoms with Crippen molar-refractivity contribution in [1.29, 1.82) is 0 Å². The molecule has 0 bridgehead atoms. The van der Waals surface area contributed by atoms with Gasteiger partial charge in [-0.15, -0.1) is 0 Å². The molecule has 182 valence electrons. The van der Waals surface area contributed by atoms with E-state index in [0.29, 0.717) is 23.1 Å². The minimum Gasteiger partial charge on any atom is -0.321 e. The van der Waals surface area contributed by atoms with Gasteiger partial charge in [0.25, 0.3) is 5.91 Å². The van der Waals surface area contributed by atoms with E-state index in [2.05, 4.69) is 15.3 Å². The zero-order valence-electron chi connectivity index (χ0n) is 17.3. The molecule has 0 spiro atoms. The summed E-state index contributed by atoms with van der Waals surface area (Å²) < 4.78 is 97.7. The number of alkyl halides is 7. The zero-order valence-corrected chi connectivity index (χ0v) is 17.3. The van der Waals surface area contributed by atoms with Crippen LogP contribution in [0.2, 0.25) is 0 Å². The molecule has 2 N–H and O–H groups in total. The molecular formula is C19H18F8N4O2. The van der Waals surface area contributed by atoms with Crippen LogP contribution in [-0.4, -0.2) is 40.3 Å². The summed E-state index contributed by atoms with van der Waals surface area (Å²) in [6, 6.07) is 4.62. The summed E-state index contributed by atoms with van der Waals surface area (Å²) in [6.45, 7) is 5.02. The number of hydrogen-bond donors (Lipinski definition) is 2. The van der Waals surface area contributed by atoms with Crippen LogP contribution in [0.5, 0.6) is 0 Å². The van der Waals surface area contributed by atoms with E-state index >= 15 is 0 Å². The molecule has 2 rings (SSSR count). The van der Waals surface area contributed by atoms with Crippen molar-refractivity contribution in [1.82, 2.24) is 9.97 Å². The standard InChI is InChI=1S/C10H8F6N2O.C9H10F2N2O/c1-2-5-3-6(4-7(11)17-5)18-8(19)9(12,13)10(14,15)16;1-5-3-7(4-6(2)12-5)13-9(14)8(10)11/h3-4H,2H2,1H3,(H,17,18,19);3-4,8H,1-2H3,(H,12,13,14). The largest absolute Gasteiger partial charge is 0.463 e. The molecule has 0 saturated heterocycles. The summed E-state index contributed by atoms with van der Waals surface area (Å²) in [5, 5.41) is 3.41. The minimum atomic E-state index is -6.02. The first kappa shape index (κ1) is 27.7. The van der Waals surface area contributed by atoms with Crippen LogP contribution in [0.25, 0.3) is 0 Å². The number of aryl methyl sites for hydroxylation is 3. The van der Waals surface area contributed by atoms with Gasteiger partial charge in [0, 0.05) is 34.5 Å². The fourth-order valence-electron chi connectivity index (χ4n) is 2.25. The first-order valence-electron chi connectivity index (χ1n) is 9.03. The van der Waals surface area contributed by atoms with Gasteiger partial charge in [0.1, 0.15) is 0 Å². The van der Waals surface area contributed by atoms with Gasteiger partial charge in [0.05, 0.1) is 0 Å². The Balaban J connectivity index is 0.000000346. The highest BCUT2D eigenvalue weighted by Gasteiger charge is 2.63. The Morgan fingerprint density at radius 1 is 0.909 bits per heavy atom. The molecule has 2 heterocycles. The number of halogens is 8. The highest BCUT2D eigenvalue weighted by atomic mass is 19.4. The molecule has 14 heteroatoms. The van der Waals surface area contributed by atoms with Crippen molar-refractivity contribution >= 4 is 23.2 Å². The Morgan fingerprint density at radius 2 is 1.42 bits per heavy atom. The van der Waals surface area contributed by atoms with Crippen LogP contribution in [0.1, 0.15) is 24.0 Å². The number of anilines is 2. The van der Waals surface area contributed by atoms with E-state index in [1.165, 1.54) is 17.4 Å². The second-order valence-electron chi connectivity index (χ2n) is 6.48. The van der Waals surface area contributed by atoms with Gasteiger partial charge in [0.2, 0.25) is 5.95 Å². The molecule has 0 aliphatic heterocycles. The maximum absolute atomic E-state index is 12.9. The molecule has 0 aliphatic rings. The number of carbonyl (C=O) groups is 2. The van der Waals surface area contributed by atoms with Gasteiger partial charge in [-0.1, -0.05) is 6.92 Å². The van der Waals surface area contributed by atoms with E-state index in [0.717, 1.165) is 6.07 Å². The molecule has 0 unspecified atom stereocenters. The average molecular weight is 486 g/mol. The predicted octanol–water partition coefficient (Wildman–Crippen LogP) is 4.82. The molecule has 0 saturated carbocycles. The van der Waals surface area contributed by atoms with Crippen molar-refractivity contribution in [2.24, 2.45) is 0 Å². The molecule has 2 aromatic rings. The molecule has 0 atom stereocenters. The topological polar surface area (TPSA) is 84.0 Å². The molecular weight excluding hydrogens is 468 g/mol. The summed E-state index contributed by atoms with van der Waals surface area (Å²) in [7, 11) is 0. The van der Waals surface area contributed by atoms with Crippen molar-refractivity contribution in [2.45, 2.75) is 45.7 Å². The third kappa shape index (κ3) is 8.27. The maximum atomic E-state index is 12.9. The molecule has 0 aliphatic carbocycles. The third-order valence-corrected chi connectivity index (χ3v) is 3.66. The summed E-state index contributed by atoms with van der Waals surface area (Å²) >= 11 is 0. The van der Waals surface area contributed by atoms with Crippen molar-refractivity contribution < 1.29 is 44.7 Å². The third-order valence-electron chi connectivity index (χ3n) is 3.66. The molecule has 33 heavy (non-hydrogen) atoms. The monoisotopic (exact) mass is 486 g/mol.